The first kappa shape index (κ1) is 13.7. The van der Waals surface area contributed by atoms with E-state index in [1.807, 2.05) is 17.8 Å². The van der Waals surface area contributed by atoms with Gasteiger partial charge in [-0.1, -0.05) is 0 Å². The Balaban J connectivity index is 1.70. The zero-order valence-electron chi connectivity index (χ0n) is 11.1. The molecule has 0 aliphatic carbocycles. The number of nitrogen functional groups attached to an aromatic ring is 1. The molecule has 2 aromatic rings. The molecule has 3 N–H and O–H groups in total. The maximum atomic E-state index is 12.3. The van der Waals surface area contributed by atoms with E-state index in [1.165, 1.54) is 35.7 Å². The van der Waals surface area contributed by atoms with Crippen molar-refractivity contribution in [3.05, 3.63) is 23.3 Å². The van der Waals surface area contributed by atoms with Gasteiger partial charge in [-0.15, -0.1) is 11.3 Å². The molecule has 1 aliphatic heterocycles. The number of nitrogens with one attached hydrogen (secondary N) is 1. The van der Waals surface area contributed by atoms with Crippen molar-refractivity contribution in [3.8, 4) is 0 Å². The summed E-state index contributed by atoms with van der Waals surface area (Å²) < 4.78 is 0.962. The van der Waals surface area contributed by atoms with Crippen LogP contribution in [0.5, 0.6) is 0 Å². The molecule has 4 nitrogen and oxygen atoms in total. The van der Waals surface area contributed by atoms with Crippen molar-refractivity contribution in [2.24, 2.45) is 5.92 Å². The second kappa shape index (κ2) is 6.01. The van der Waals surface area contributed by atoms with Crippen LogP contribution in [-0.4, -0.2) is 28.9 Å². The topological polar surface area (TPSA) is 68.0 Å². The van der Waals surface area contributed by atoms with Gasteiger partial charge in [0.05, 0.1) is 10.4 Å². The second-order valence-electron chi connectivity index (χ2n) is 4.98. The van der Waals surface area contributed by atoms with Crippen molar-refractivity contribution in [1.29, 1.82) is 0 Å². The maximum Gasteiger partial charge on any atom is 0.263 e. The zero-order valence-corrected chi connectivity index (χ0v) is 12.7. The molecule has 1 fully saturated rings. The van der Waals surface area contributed by atoms with Crippen LogP contribution in [-0.2, 0) is 0 Å². The lowest BCUT2D eigenvalue weighted by Crippen LogP contribution is -2.30. The third kappa shape index (κ3) is 2.76. The van der Waals surface area contributed by atoms with E-state index >= 15 is 0 Å². The molecule has 0 radical (unpaired) electrons. The van der Waals surface area contributed by atoms with E-state index in [-0.39, 0.29) is 5.91 Å². The quantitative estimate of drug-likeness (QED) is 0.915. The van der Waals surface area contributed by atoms with Crippen molar-refractivity contribution >= 4 is 44.8 Å². The van der Waals surface area contributed by atoms with Gasteiger partial charge in [-0.25, -0.2) is 0 Å². The molecule has 1 saturated heterocycles. The molecular weight excluding hydrogens is 290 g/mol. The summed E-state index contributed by atoms with van der Waals surface area (Å²) in [4.78, 5) is 16.9. The summed E-state index contributed by atoms with van der Waals surface area (Å²) in [5.74, 6) is 2.97. The summed E-state index contributed by atoms with van der Waals surface area (Å²) in [5, 5.41) is 3.95. The highest BCUT2D eigenvalue weighted by atomic mass is 32.2. The van der Waals surface area contributed by atoms with E-state index in [4.69, 9.17) is 5.73 Å². The second-order valence-corrected chi connectivity index (χ2v) is 7.26. The number of thioether (sulfide) groups is 1. The molecule has 0 atom stereocenters. The van der Waals surface area contributed by atoms with Crippen molar-refractivity contribution < 1.29 is 4.79 Å². The number of hydrogen-bond donors (Lipinski definition) is 2. The average Bonchev–Trinajstić information content (AvgIpc) is 2.84. The fourth-order valence-electron chi connectivity index (χ4n) is 2.41. The van der Waals surface area contributed by atoms with E-state index in [0.29, 0.717) is 16.5 Å². The third-order valence-corrected chi connectivity index (χ3v) is 5.83. The molecule has 6 heteroatoms. The largest absolute Gasteiger partial charge is 0.397 e. The highest BCUT2D eigenvalue weighted by Crippen LogP contribution is 2.32. The fraction of sp³-hybridized carbons (Fsp3) is 0.429. The first-order valence-electron chi connectivity index (χ1n) is 6.73. The fourth-order valence-corrected chi connectivity index (χ4v) is 4.62. The minimum Gasteiger partial charge on any atom is -0.397 e. The molecule has 20 heavy (non-hydrogen) atoms. The smallest absolute Gasteiger partial charge is 0.263 e. The Hall–Kier alpha value is -1.27. The Morgan fingerprint density at radius 1 is 1.45 bits per heavy atom. The molecule has 0 bridgehead atoms. The molecule has 2 aromatic heterocycles. The van der Waals surface area contributed by atoms with Crippen LogP contribution in [0.4, 0.5) is 5.69 Å². The van der Waals surface area contributed by atoms with Crippen LogP contribution in [0.1, 0.15) is 22.5 Å². The van der Waals surface area contributed by atoms with E-state index in [0.717, 1.165) is 16.6 Å². The molecule has 0 saturated carbocycles. The number of hydrogen-bond acceptors (Lipinski definition) is 5. The number of rotatable bonds is 3. The minimum atomic E-state index is -0.0538. The lowest BCUT2D eigenvalue weighted by molar-refractivity contribution is 0.0951. The van der Waals surface area contributed by atoms with Gasteiger partial charge in [-0.3, -0.25) is 9.78 Å². The zero-order chi connectivity index (χ0) is 13.9. The Labute approximate surface area is 126 Å². The first-order chi connectivity index (χ1) is 9.75. The van der Waals surface area contributed by atoms with E-state index < -0.39 is 0 Å². The Morgan fingerprint density at radius 3 is 3.00 bits per heavy atom. The number of amides is 1. The third-order valence-electron chi connectivity index (χ3n) is 3.63. The first-order valence-corrected chi connectivity index (χ1v) is 8.70. The molecule has 1 amide bonds. The Bertz CT molecular complexity index is 620. The van der Waals surface area contributed by atoms with Crippen LogP contribution in [0, 0.1) is 5.92 Å². The number of nitrogens with zero attached hydrogens (tertiary/aromatic N) is 1. The number of pyridine rings is 1. The molecule has 0 unspecified atom stereocenters. The van der Waals surface area contributed by atoms with Crippen LogP contribution >= 0.6 is 23.1 Å². The molecule has 3 rings (SSSR count). The standard InChI is InChI=1S/C14H17N3OS2/c15-12-10-1-4-16-8-11(10)20-13(12)14(18)17-7-9-2-5-19-6-3-9/h1,4,8-9H,2-3,5-7,15H2,(H,17,18). The summed E-state index contributed by atoms with van der Waals surface area (Å²) in [6, 6.07) is 1.86. The van der Waals surface area contributed by atoms with Crippen LogP contribution in [0.15, 0.2) is 18.5 Å². The van der Waals surface area contributed by atoms with Gasteiger partial charge in [0.15, 0.2) is 0 Å². The molecule has 1 aliphatic rings. The van der Waals surface area contributed by atoms with E-state index in [1.54, 1.807) is 12.4 Å². The maximum absolute atomic E-state index is 12.3. The predicted octanol–water partition coefficient (Wildman–Crippen LogP) is 2.75. The summed E-state index contributed by atoms with van der Waals surface area (Å²) in [6.45, 7) is 0.755. The SMILES string of the molecule is Nc1c(C(=O)NCC2CCSCC2)sc2cnccc12. The van der Waals surface area contributed by atoms with Crippen molar-refractivity contribution in [1.82, 2.24) is 10.3 Å². The Morgan fingerprint density at radius 2 is 2.25 bits per heavy atom. The van der Waals surface area contributed by atoms with Crippen molar-refractivity contribution in [3.63, 3.8) is 0 Å². The highest BCUT2D eigenvalue weighted by molar-refractivity contribution is 7.99. The van der Waals surface area contributed by atoms with Gasteiger partial charge in [0, 0.05) is 24.3 Å². The van der Waals surface area contributed by atoms with Gasteiger partial charge in [0.2, 0.25) is 0 Å². The monoisotopic (exact) mass is 307 g/mol. The highest BCUT2D eigenvalue weighted by Gasteiger charge is 2.19. The average molecular weight is 307 g/mol. The van der Waals surface area contributed by atoms with E-state index in [2.05, 4.69) is 10.3 Å². The van der Waals surface area contributed by atoms with Crippen molar-refractivity contribution in [2.45, 2.75) is 12.8 Å². The van der Waals surface area contributed by atoms with Gasteiger partial charge >= 0.3 is 0 Å². The molecule has 3 heterocycles. The number of carbonyl (C=O) groups excluding carboxylic acids is 1. The molecule has 0 spiro atoms. The van der Waals surface area contributed by atoms with Gasteiger partial charge < -0.3 is 11.1 Å². The van der Waals surface area contributed by atoms with Crippen LogP contribution < -0.4 is 11.1 Å². The van der Waals surface area contributed by atoms with Gasteiger partial charge in [0.25, 0.3) is 5.91 Å². The Kier molecular flexibility index (Phi) is 4.12. The predicted molar refractivity (Wildman–Crippen MR) is 86.4 cm³/mol. The normalized spacial score (nSPS) is 16.4. The van der Waals surface area contributed by atoms with Crippen LogP contribution in [0.25, 0.3) is 10.1 Å². The molecule has 0 aromatic carbocycles. The summed E-state index contributed by atoms with van der Waals surface area (Å²) in [5.41, 5.74) is 6.64. The number of aromatic nitrogens is 1. The minimum absolute atomic E-state index is 0.0538. The van der Waals surface area contributed by atoms with Crippen LogP contribution in [0.3, 0.4) is 0 Å². The number of thiophene rings is 1. The number of fused-ring (bicyclic) bond motifs is 1. The summed E-state index contributed by atoms with van der Waals surface area (Å²) >= 11 is 3.41. The number of nitrogens with two attached hydrogens (primary N) is 1. The summed E-state index contributed by atoms with van der Waals surface area (Å²) in [6.07, 6.45) is 5.84. The van der Waals surface area contributed by atoms with Crippen molar-refractivity contribution in [2.75, 3.05) is 23.8 Å². The summed E-state index contributed by atoms with van der Waals surface area (Å²) in [7, 11) is 0. The van der Waals surface area contributed by atoms with Gasteiger partial charge in [0.1, 0.15) is 4.88 Å². The number of anilines is 1. The van der Waals surface area contributed by atoms with E-state index in [9.17, 15) is 4.79 Å². The molecular formula is C14H17N3OS2. The van der Waals surface area contributed by atoms with Gasteiger partial charge in [-0.05, 0) is 36.3 Å². The lowest BCUT2D eigenvalue weighted by atomic mass is 10.0. The molecule has 106 valence electrons. The lowest BCUT2D eigenvalue weighted by Gasteiger charge is -2.21. The van der Waals surface area contributed by atoms with Gasteiger partial charge in [-0.2, -0.15) is 11.8 Å². The van der Waals surface area contributed by atoms with Crippen LogP contribution in [0.2, 0.25) is 0 Å². The number of carbonyl (C=O) groups is 1.